The van der Waals surface area contributed by atoms with Crippen LogP contribution in [0.15, 0.2) is 0 Å². The molecule has 0 aromatic heterocycles. The zero-order valence-corrected chi connectivity index (χ0v) is 10.3. The number of unbranched alkanes of at least 4 members (excludes halogenated alkanes) is 2. The molecule has 0 heterocycles. The minimum atomic E-state index is -4.53. The lowest BCUT2D eigenvalue weighted by molar-refractivity contribution is -0.221. The molecule has 0 N–H and O–H groups in total. The number of esters is 1. The van der Waals surface area contributed by atoms with Crippen LogP contribution in [0.5, 0.6) is 0 Å². The number of hydrogen-bond donors (Lipinski definition) is 0. The van der Waals surface area contributed by atoms with Crippen LogP contribution in [0.4, 0.5) is 17.6 Å². The van der Waals surface area contributed by atoms with E-state index in [-0.39, 0.29) is 19.4 Å². The zero-order valence-electron chi connectivity index (χ0n) is 10.3. The minimum Gasteiger partial charge on any atom is -0.453 e. The van der Waals surface area contributed by atoms with Gasteiger partial charge in [0.2, 0.25) is 0 Å². The SMILES string of the molecule is CC(=O)O[C@@H](CCCCCOCCF)C(F)(F)F. The number of carbonyl (C=O) groups is 1. The highest BCUT2D eigenvalue weighted by atomic mass is 19.4. The van der Waals surface area contributed by atoms with Gasteiger partial charge in [0.05, 0.1) is 6.61 Å². The van der Waals surface area contributed by atoms with Gasteiger partial charge in [0.15, 0.2) is 6.10 Å². The third kappa shape index (κ3) is 9.21. The van der Waals surface area contributed by atoms with Crippen molar-refractivity contribution in [3.63, 3.8) is 0 Å². The molecule has 0 spiro atoms. The van der Waals surface area contributed by atoms with E-state index in [9.17, 15) is 22.4 Å². The highest BCUT2D eigenvalue weighted by Gasteiger charge is 2.41. The van der Waals surface area contributed by atoms with Crippen molar-refractivity contribution in [3.8, 4) is 0 Å². The highest BCUT2D eigenvalue weighted by Crippen LogP contribution is 2.27. The van der Waals surface area contributed by atoms with Crippen LogP contribution in [-0.4, -0.2) is 38.1 Å². The molecule has 0 radical (unpaired) electrons. The molecule has 0 aromatic carbocycles. The molecule has 108 valence electrons. The van der Waals surface area contributed by atoms with Crippen LogP contribution in [0.3, 0.4) is 0 Å². The Hall–Kier alpha value is -0.850. The molecule has 0 amide bonds. The average molecular weight is 274 g/mol. The van der Waals surface area contributed by atoms with Gasteiger partial charge >= 0.3 is 12.1 Å². The Morgan fingerprint density at radius 3 is 2.33 bits per heavy atom. The molecule has 18 heavy (non-hydrogen) atoms. The Kier molecular flexibility index (Phi) is 8.70. The van der Waals surface area contributed by atoms with Gasteiger partial charge in [-0.2, -0.15) is 13.2 Å². The van der Waals surface area contributed by atoms with Gasteiger partial charge in [0.25, 0.3) is 0 Å². The molecule has 0 saturated carbocycles. The van der Waals surface area contributed by atoms with Gasteiger partial charge in [-0.25, -0.2) is 4.39 Å². The van der Waals surface area contributed by atoms with Crippen LogP contribution in [-0.2, 0) is 14.3 Å². The number of hydrogen-bond acceptors (Lipinski definition) is 3. The van der Waals surface area contributed by atoms with Gasteiger partial charge in [-0.3, -0.25) is 4.79 Å². The van der Waals surface area contributed by atoms with E-state index in [1.807, 2.05) is 0 Å². The maximum absolute atomic E-state index is 12.4. The Balaban J connectivity index is 3.74. The third-order valence-electron chi connectivity index (χ3n) is 2.15. The molecule has 1 atom stereocenters. The second kappa shape index (κ2) is 9.13. The number of carbonyl (C=O) groups excluding carboxylic acids is 1. The Morgan fingerprint density at radius 2 is 1.83 bits per heavy atom. The molecule has 0 aromatic rings. The largest absolute Gasteiger partial charge is 0.453 e. The molecule has 0 saturated heterocycles. The van der Waals surface area contributed by atoms with Gasteiger partial charge in [-0.15, -0.1) is 0 Å². The fourth-order valence-corrected chi connectivity index (χ4v) is 1.36. The summed E-state index contributed by atoms with van der Waals surface area (Å²) in [6, 6.07) is 0. The van der Waals surface area contributed by atoms with Crippen LogP contribution < -0.4 is 0 Å². The predicted octanol–water partition coefficient (Wildman–Crippen LogP) is 3.03. The van der Waals surface area contributed by atoms with Crippen LogP contribution in [0, 0.1) is 0 Å². The summed E-state index contributed by atoms with van der Waals surface area (Å²) in [5.41, 5.74) is 0. The Labute approximate surface area is 103 Å². The molecule has 0 rings (SSSR count). The van der Waals surface area contributed by atoms with Crippen LogP contribution >= 0.6 is 0 Å². The molecular weight excluding hydrogens is 256 g/mol. The van der Waals surface area contributed by atoms with E-state index >= 15 is 0 Å². The van der Waals surface area contributed by atoms with E-state index in [4.69, 9.17) is 4.74 Å². The van der Waals surface area contributed by atoms with Crippen molar-refractivity contribution < 1.29 is 31.8 Å². The Morgan fingerprint density at radius 1 is 1.17 bits per heavy atom. The molecule has 0 fully saturated rings. The van der Waals surface area contributed by atoms with Gasteiger partial charge in [-0.05, 0) is 19.3 Å². The van der Waals surface area contributed by atoms with E-state index in [2.05, 4.69) is 4.74 Å². The molecular formula is C11H18F4O3. The second-order valence-electron chi connectivity index (χ2n) is 3.79. The summed E-state index contributed by atoms with van der Waals surface area (Å²) >= 11 is 0. The second-order valence-corrected chi connectivity index (χ2v) is 3.79. The number of rotatable bonds is 9. The monoisotopic (exact) mass is 274 g/mol. The summed E-state index contributed by atoms with van der Waals surface area (Å²) in [4.78, 5) is 10.5. The number of halogens is 4. The van der Waals surface area contributed by atoms with Crippen molar-refractivity contribution in [3.05, 3.63) is 0 Å². The van der Waals surface area contributed by atoms with Crippen molar-refractivity contribution in [1.82, 2.24) is 0 Å². The maximum atomic E-state index is 12.4. The molecule has 0 aliphatic rings. The van der Waals surface area contributed by atoms with Gasteiger partial charge in [0, 0.05) is 13.5 Å². The van der Waals surface area contributed by atoms with Crippen LogP contribution in [0.25, 0.3) is 0 Å². The zero-order chi connectivity index (χ0) is 14.0. The van der Waals surface area contributed by atoms with E-state index in [0.717, 1.165) is 6.92 Å². The van der Waals surface area contributed by atoms with Crippen LogP contribution in [0.1, 0.15) is 32.6 Å². The summed E-state index contributed by atoms with van der Waals surface area (Å²) in [6.07, 6.45) is -5.48. The van der Waals surface area contributed by atoms with Crippen molar-refractivity contribution in [2.75, 3.05) is 19.9 Å². The third-order valence-corrected chi connectivity index (χ3v) is 2.15. The Bertz CT molecular complexity index is 231. The smallest absolute Gasteiger partial charge is 0.425 e. The van der Waals surface area contributed by atoms with E-state index in [0.29, 0.717) is 19.4 Å². The van der Waals surface area contributed by atoms with Crippen molar-refractivity contribution in [2.24, 2.45) is 0 Å². The molecule has 0 bridgehead atoms. The quantitative estimate of drug-likeness (QED) is 0.368. The van der Waals surface area contributed by atoms with Gasteiger partial charge in [-0.1, -0.05) is 6.42 Å². The first kappa shape index (κ1) is 17.2. The highest BCUT2D eigenvalue weighted by molar-refractivity contribution is 5.66. The minimum absolute atomic E-state index is 0.0125. The number of ether oxygens (including phenoxy) is 2. The van der Waals surface area contributed by atoms with Crippen LogP contribution in [0.2, 0.25) is 0 Å². The topological polar surface area (TPSA) is 35.5 Å². The van der Waals surface area contributed by atoms with Crippen molar-refractivity contribution in [2.45, 2.75) is 44.9 Å². The summed E-state index contributed by atoms with van der Waals surface area (Å²) in [6.45, 7) is 0.721. The first-order valence-electron chi connectivity index (χ1n) is 5.75. The lowest BCUT2D eigenvalue weighted by Crippen LogP contribution is -2.33. The van der Waals surface area contributed by atoms with Crippen molar-refractivity contribution >= 4 is 5.97 Å². The molecule has 3 nitrogen and oxygen atoms in total. The average Bonchev–Trinajstić information content (AvgIpc) is 2.24. The lowest BCUT2D eigenvalue weighted by atomic mass is 10.1. The summed E-state index contributed by atoms with van der Waals surface area (Å²) in [7, 11) is 0. The lowest BCUT2D eigenvalue weighted by Gasteiger charge is -2.19. The molecule has 0 unspecified atom stereocenters. The molecule has 0 aliphatic heterocycles. The van der Waals surface area contributed by atoms with Gasteiger partial charge < -0.3 is 9.47 Å². The first-order valence-corrected chi connectivity index (χ1v) is 5.75. The van der Waals surface area contributed by atoms with Gasteiger partial charge in [0.1, 0.15) is 6.67 Å². The standard InChI is InChI=1S/C11H18F4O3/c1-9(16)18-10(11(13,14)15)5-3-2-4-7-17-8-6-12/h10H,2-8H2,1H3/t10-/m0/s1. The summed E-state index contributed by atoms with van der Waals surface area (Å²) in [5.74, 6) is -0.941. The van der Waals surface area contributed by atoms with Crippen molar-refractivity contribution in [1.29, 1.82) is 0 Å². The van der Waals surface area contributed by atoms with E-state index in [1.54, 1.807) is 0 Å². The maximum Gasteiger partial charge on any atom is 0.425 e. The molecule has 7 heteroatoms. The summed E-state index contributed by atoms with van der Waals surface area (Å²) in [5, 5.41) is 0. The first-order chi connectivity index (χ1) is 8.38. The van der Waals surface area contributed by atoms with E-state index in [1.165, 1.54) is 0 Å². The predicted molar refractivity (Wildman–Crippen MR) is 56.9 cm³/mol. The fraction of sp³-hybridized carbons (Fsp3) is 0.909. The fourth-order valence-electron chi connectivity index (χ4n) is 1.36. The summed E-state index contributed by atoms with van der Waals surface area (Å²) < 4.78 is 57.9. The number of alkyl halides is 4. The van der Waals surface area contributed by atoms with E-state index < -0.39 is 24.9 Å². The molecule has 0 aliphatic carbocycles. The normalized spacial score (nSPS) is 13.4.